The number of morpholine rings is 1. The number of methoxy groups -OCH3 is 1. The predicted octanol–water partition coefficient (Wildman–Crippen LogP) is 2.48. The van der Waals surface area contributed by atoms with Gasteiger partial charge in [0.2, 0.25) is 0 Å². The van der Waals surface area contributed by atoms with Crippen LogP contribution in [0.4, 0.5) is 4.79 Å². The zero-order valence-corrected chi connectivity index (χ0v) is 16.0. The molecule has 1 fully saturated rings. The molecule has 2 aromatic carbocycles. The van der Waals surface area contributed by atoms with E-state index in [0.29, 0.717) is 13.2 Å². The minimum Gasteiger partial charge on any atom is -0.497 e. The number of hydrogen-bond donors (Lipinski definition) is 1. The molecule has 1 N–H and O–H groups in total. The first-order valence-electron chi connectivity index (χ1n) is 8.53. The maximum atomic E-state index is 12.5. The fourth-order valence-corrected chi connectivity index (χ4v) is 3.78. The second-order valence-corrected chi connectivity index (χ2v) is 7.98. The van der Waals surface area contributed by atoms with Crippen molar-refractivity contribution in [2.24, 2.45) is 0 Å². The molecule has 3 rings (SSSR count). The van der Waals surface area contributed by atoms with E-state index in [-0.39, 0.29) is 17.5 Å². The Balaban J connectivity index is 1.68. The Bertz CT molecular complexity index is 895. The number of urea groups is 1. The molecule has 27 heavy (non-hydrogen) atoms. The molecule has 1 aliphatic rings. The number of nitrogens with one attached hydrogen (secondary N) is 1. The zero-order chi connectivity index (χ0) is 19.4. The SMILES string of the molecule is COc1ccc(C2CN(C(=O)NS(=O)(=O)c3ccc(C)cc3)CCO2)cc1. The average molecular weight is 390 g/mol. The number of nitrogens with zero attached hydrogens (tertiary/aromatic N) is 1. The van der Waals surface area contributed by atoms with Crippen LogP contribution >= 0.6 is 0 Å². The molecule has 2 aromatic rings. The summed E-state index contributed by atoms with van der Waals surface area (Å²) in [6, 6.07) is 13.0. The smallest absolute Gasteiger partial charge is 0.331 e. The highest BCUT2D eigenvalue weighted by atomic mass is 32.2. The Morgan fingerprint density at radius 2 is 1.81 bits per heavy atom. The summed E-state index contributed by atoms with van der Waals surface area (Å²) in [5.74, 6) is 0.730. The first kappa shape index (κ1) is 19.2. The molecular weight excluding hydrogens is 368 g/mol. The first-order valence-corrected chi connectivity index (χ1v) is 10.0. The molecule has 2 amide bonds. The Hall–Kier alpha value is -2.58. The van der Waals surface area contributed by atoms with E-state index in [1.165, 1.54) is 17.0 Å². The number of sulfonamides is 1. The molecule has 0 aliphatic carbocycles. The molecule has 1 saturated heterocycles. The van der Waals surface area contributed by atoms with Crippen molar-refractivity contribution in [3.8, 4) is 5.75 Å². The lowest BCUT2D eigenvalue weighted by Crippen LogP contribution is -2.48. The number of carbonyl (C=O) groups excluding carboxylic acids is 1. The number of rotatable bonds is 4. The summed E-state index contributed by atoms with van der Waals surface area (Å²) in [6.07, 6.45) is -0.322. The summed E-state index contributed by atoms with van der Waals surface area (Å²) in [4.78, 5) is 14.0. The molecule has 7 nitrogen and oxygen atoms in total. The number of carbonyl (C=O) groups is 1. The van der Waals surface area contributed by atoms with Crippen molar-refractivity contribution >= 4 is 16.1 Å². The van der Waals surface area contributed by atoms with Gasteiger partial charge in [0.25, 0.3) is 10.0 Å². The fraction of sp³-hybridized carbons (Fsp3) is 0.316. The van der Waals surface area contributed by atoms with Gasteiger partial charge in [0.15, 0.2) is 0 Å². The number of benzene rings is 2. The largest absolute Gasteiger partial charge is 0.497 e. The molecule has 1 atom stereocenters. The van der Waals surface area contributed by atoms with E-state index < -0.39 is 16.1 Å². The molecule has 1 heterocycles. The van der Waals surface area contributed by atoms with E-state index in [2.05, 4.69) is 4.72 Å². The normalized spacial score (nSPS) is 17.4. The van der Waals surface area contributed by atoms with Crippen molar-refractivity contribution in [1.29, 1.82) is 0 Å². The van der Waals surface area contributed by atoms with Crippen molar-refractivity contribution in [3.63, 3.8) is 0 Å². The summed E-state index contributed by atoms with van der Waals surface area (Å²) >= 11 is 0. The highest BCUT2D eigenvalue weighted by molar-refractivity contribution is 7.90. The number of amides is 2. The topological polar surface area (TPSA) is 84.9 Å². The lowest BCUT2D eigenvalue weighted by Gasteiger charge is -2.33. The second kappa shape index (κ2) is 7.98. The highest BCUT2D eigenvalue weighted by Gasteiger charge is 2.28. The van der Waals surface area contributed by atoms with Gasteiger partial charge in [0.05, 0.1) is 25.2 Å². The van der Waals surface area contributed by atoms with E-state index >= 15 is 0 Å². The molecular formula is C19H22N2O5S. The molecule has 0 bridgehead atoms. The quantitative estimate of drug-likeness (QED) is 0.867. The summed E-state index contributed by atoms with van der Waals surface area (Å²) in [6.45, 7) is 2.78. The number of hydrogen-bond acceptors (Lipinski definition) is 5. The lowest BCUT2D eigenvalue weighted by molar-refractivity contribution is -0.0147. The minimum absolute atomic E-state index is 0.0569. The van der Waals surface area contributed by atoms with Crippen LogP contribution < -0.4 is 9.46 Å². The Morgan fingerprint density at radius 3 is 2.44 bits per heavy atom. The third-order valence-electron chi connectivity index (χ3n) is 4.39. The van der Waals surface area contributed by atoms with Crippen LogP contribution in [0.15, 0.2) is 53.4 Å². The van der Waals surface area contributed by atoms with Gasteiger partial charge in [0.1, 0.15) is 11.9 Å². The first-order chi connectivity index (χ1) is 12.9. The van der Waals surface area contributed by atoms with E-state index in [9.17, 15) is 13.2 Å². The van der Waals surface area contributed by atoms with Crippen molar-refractivity contribution in [3.05, 3.63) is 59.7 Å². The molecule has 144 valence electrons. The molecule has 0 aromatic heterocycles. The van der Waals surface area contributed by atoms with E-state index in [1.54, 1.807) is 19.2 Å². The highest BCUT2D eigenvalue weighted by Crippen LogP contribution is 2.24. The van der Waals surface area contributed by atoms with Crippen LogP contribution in [0.3, 0.4) is 0 Å². The van der Waals surface area contributed by atoms with Gasteiger partial charge in [-0.2, -0.15) is 0 Å². The maximum absolute atomic E-state index is 12.5. The summed E-state index contributed by atoms with van der Waals surface area (Å²) in [7, 11) is -2.33. The summed E-state index contributed by atoms with van der Waals surface area (Å²) < 4.78 is 37.8. The minimum atomic E-state index is -3.92. The van der Waals surface area contributed by atoms with Gasteiger partial charge in [-0.15, -0.1) is 0 Å². The molecule has 0 spiro atoms. The molecule has 0 radical (unpaired) electrons. The lowest BCUT2D eigenvalue weighted by atomic mass is 10.1. The van der Waals surface area contributed by atoms with Gasteiger partial charge in [-0.3, -0.25) is 0 Å². The second-order valence-electron chi connectivity index (χ2n) is 6.30. The van der Waals surface area contributed by atoms with Crippen LogP contribution in [0.5, 0.6) is 5.75 Å². The summed E-state index contributed by atoms with van der Waals surface area (Å²) in [5, 5.41) is 0. The number of ether oxygens (including phenoxy) is 2. The van der Waals surface area contributed by atoms with Gasteiger partial charge in [-0.05, 0) is 36.8 Å². The molecule has 8 heteroatoms. The van der Waals surface area contributed by atoms with Crippen LogP contribution in [0.1, 0.15) is 17.2 Å². The van der Waals surface area contributed by atoms with Crippen molar-refractivity contribution in [1.82, 2.24) is 9.62 Å². The van der Waals surface area contributed by atoms with Gasteiger partial charge < -0.3 is 14.4 Å². The van der Waals surface area contributed by atoms with Crippen molar-refractivity contribution < 1.29 is 22.7 Å². The van der Waals surface area contributed by atoms with E-state index in [0.717, 1.165) is 16.9 Å². The number of aryl methyl sites for hydroxylation is 1. The van der Waals surface area contributed by atoms with Crippen LogP contribution in [-0.2, 0) is 14.8 Å². The Labute approximate surface area is 158 Å². The molecule has 0 saturated carbocycles. The van der Waals surface area contributed by atoms with Crippen molar-refractivity contribution in [2.45, 2.75) is 17.9 Å². The third kappa shape index (κ3) is 4.58. The van der Waals surface area contributed by atoms with Gasteiger partial charge >= 0.3 is 6.03 Å². The van der Waals surface area contributed by atoms with Gasteiger partial charge in [-0.1, -0.05) is 29.8 Å². The maximum Gasteiger partial charge on any atom is 0.331 e. The van der Waals surface area contributed by atoms with Crippen LogP contribution in [-0.4, -0.2) is 46.2 Å². The third-order valence-corrected chi connectivity index (χ3v) is 5.73. The van der Waals surface area contributed by atoms with Crippen LogP contribution in [0.25, 0.3) is 0 Å². The van der Waals surface area contributed by atoms with Gasteiger partial charge in [0, 0.05) is 6.54 Å². The predicted molar refractivity (Wildman–Crippen MR) is 100 cm³/mol. The van der Waals surface area contributed by atoms with E-state index in [1.807, 2.05) is 31.2 Å². The fourth-order valence-electron chi connectivity index (χ4n) is 2.81. The van der Waals surface area contributed by atoms with Crippen LogP contribution in [0.2, 0.25) is 0 Å². The molecule has 1 aliphatic heterocycles. The summed E-state index contributed by atoms with van der Waals surface area (Å²) in [5.41, 5.74) is 1.84. The van der Waals surface area contributed by atoms with Gasteiger partial charge in [-0.25, -0.2) is 17.9 Å². The van der Waals surface area contributed by atoms with Crippen LogP contribution in [0, 0.1) is 6.92 Å². The Morgan fingerprint density at radius 1 is 1.15 bits per heavy atom. The zero-order valence-electron chi connectivity index (χ0n) is 15.2. The van der Waals surface area contributed by atoms with Crippen molar-refractivity contribution in [2.75, 3.05) is 26.8 Å². The standard InChI is InChI=1S/C19H22N2O5S/c1-14-3-9-17(10-4-14)27(23,24)20-19(22)21-11-12-26-18(13-21)15-5-7-16(25-2)8-6-15/h3-10,18H,11-13H2,1-2H3,(H,20,22). The van der Waals surface area contributed by atoms with E-state index in [4.69, 9.17) is 9.47 Å². The Kier molecular flexibility index (Phi) is 5.67. The average Bonchev–Trinajstić information content (AvgIpc) is 2.68. The monoisotopic (exact) mass is 390 g/mol. The molecule has 1 unspecified atom stereocenters.